The lowest BCUT2D eigenvalue weighted by atomic mass is 10.2. The van der Waals surface area contributed by atoms with Crippen LogP contribution in [-0.4, -0.2) is 37.1 Å². The smallest absolute Gasteiger partial charge is 0.258 e. The van der Waals surface area contributed by atoms with Crippen molar-refractivity contribution < 1.29 is 19.0 Å². The van der Waals surface area contributed by atoms with Crippen molar-refractivity contribution in [1.29, 1.82) is 0 Å². The molecule has 0 bridgehead atoms. The van der Waals surface area contributed by atoms with Crippen LogP contribution in [0.5, 0.6) is 17.2 Å². The number of nitrogens with zero attached hydrogens (tertiary/aromatic N) is 2. The van der Waals surface area contributed by atoms with Crippen LogP contribution in [0.25, 0.3) is 0 Å². The standard InChI is InChI=1S/C21H21N3O4S/c1-26-16-10-13(11-17(27-2)19(16)28-3)23-20-18-15(7-4-8-22-18)21(25)24(20)12-14-6-5-9-29-14/h4-11,20,23H,12H2,1-3H3/t20-/m1/s1. The van der Waals surface area contributed by atoms with E-state index < -0.39 is 6.17 Å². The van der Waals surface area contributed by atoms with Crippen LogP contribution >= 0.6 is 11.3 Å². The molecule has 0 fully saturated rings. The van der Waals surface area contributed by atoms with Crippen LogP contribution in [0.4, 0.5) is 5.69 Å². The molecule has 0 radical (unpaired) electrons. The number of ether oxygens (including phenoxy) is 3. The summed E-state index contributed by atoms with van der Waals surface area (Å²) in [5, 5.41) is 5.43. The lowest BCUT2D eigenvalue weighted by Crippen LogP contribution is -2.31. The van der Waals surface area contributed by atoms with Crippen molar-refractivity contribution in [2.24, 2.45) is 0 Å². The number of carbonyl (C=O) groups excluding carboxylic acids is 1. The normalized spacial score (nSPS) is 15.2. The van der Waals surface area contributed by atoms with E-state index in [9.17, 15) is 4.79 Å². The monoisotopic (exact) mass is 411 g/mol. The fourth-order valence-electron chi connectivity index (χ4n) is 3.44. The van der Waals surface area contributed by atoms with E-state index in [1.54, 1.807) is 49.8 Å². The van der Waals surface area contributed by atoms with Crippen molar-refractivity contribution in [2.75, 3.05) is 26.6 Å². The van der Waals surface area contributed by atoms with Crippen LogP contribution in [0.2, 0.25) is 0 Å². The number of nitrogens with one attached hydrogen (secondary N) is 1. The number of amides is 1. The zero-order chi connectivity index (χ0) is 20.4. The Hall–Kier alpha value is -3.26. The highest BCUT2D eigenvalue weighted by Gasteiger charge is 2.38. The number of benzene rings is 1. The van der Waals surface area contributed by atoms with Gasteiger partial charge in [-0.1, -0.05) is 6.07 Å². The van der Waals surface area contributed by atoms with Gasteiger partial charge in [0.05, 0.1) is 39.1 Å². The molecule has 29 heavy (non-hydrogen) atoms. The van der Waals surface area contributed by atoms with Crippen molar-refractivity contribution in [3.8, 4) is 17.2 Å². The topological polar surface area (TPSA) is 72.9 Å². The average molecular weight is 411 g/mol. The molecule has 0 saturated heterocycles. The first-order valence-corrected chi connectivity index (χ1v) is 9.89. The lowest BCUT2D eigenvalue weighted by molar-refractivity contribution is 0.0729. The molecule has 1 aliphatic rings. The van der Waals surface area contributed by atoms with Gasteiger partial charge in [0.1, 0.15) is 6.17 Å². The molecule has 0 aliphatic carbocycles. The number of hydrogen-bond donors (Lipinski definition) is 1. The first-order valence-electron chi connectivity index (χ1n) is 9.01. The Morgan fingerprint density at radius 3 is 2.48 bits per heavy atom. The molecule has 0 spiro atoms. The maximum atomic E-state index is 13.1. The molecule has 1 amide bonds. The summed E-state index contributed by atoms with van der Waals surface area (Å²) in [6.07, 6.45) is 1.29. The van der Waals surface area contributed by atoms with Gasteiger partial charge >= 0.3 is 0 Å². The second-order valence-corrected chi connectivity index (χ2v) is 7.44. The van der Waals surface area contributed by atoms with Gasteiger partial charge in [0.25, 0.3) is 5.91 Å². The molecular weight excluding hydrogens is 390 g/mol. The van der Waals surface area contributed by atoms with Gasteiger partial charge in [0, 0.05) is 28.9 Å². The number of rotatable bonds is 7. The average Bonchev–Trinajstić information content (AvgIpc) is 3.36. The Kier molecular flexibility index (Phi) is 5.26. The molecule has 2 aromatic heterocycles. The van der Waals surface area contributed by atoms with E-state index in [4.69, 9.17) is 14.2 Å². The molecule has 0 saturated carbocycles. The Morgan fingerprint density at radius 1 is 1.10 bits per heavy atom. The van der Waals surface area contributed by atoms with E-state index in [0.29, 0.717) is 35.1 Å². The van der Waals surface area contributed by atoms with E-state index in [-0.39, 0.29) is 5.91 Å². The molecule has 3 heterocycles. The number of aromatic nitrogens is 1. The van der Waals surface area contributed by atoms with Crippen LogP contribution in [-0.2, 0) is 6.54 Å². The number of thiophene rings is 1. The number of carbonyl (C=O) groups is 1. The van der Waals surface area contributed by atoms with Crippen molar-refractivity contribution in [1.82, 2.24) is 9.88 Å². The van der Waals surface area contributed by atoms with Crippen LogP contribution in [0.1, 0.15) is 27.1 Å². The van der Waals surface area contributed by atoms with E-state index in [1.807, 2.05) is 35.7 Å². The number of hydrogen-bond acceptors (Lipinski definition) is 7. The zero-order valence-corrected chi connectivity index (χ0v) is 17.2. The molecule has 4 rings (SSSR count). The Bertz CT molecular complexity index is 998. The second kappa shape index (κ2) is 8.00. The molecule has 150 valence electrons. The molecule has 1 atom stereocenters. The molecule has 7 nitrogen and oxygen atoms in total. The van der Waals surface area contributed by atoms with Gasteiger partial charge in [-0.2, -0.15) is 0 Å². The quantitative estimate of drug-likeness (QED) is 0.635. The minimum Gasteiger partial charge on any atom is -0.493 e. The molecule has 8 heteroatoms. The molecular formula is C21H21N3O4S. The van der Waals surface area contributed by atoms with Crippen molar-refractivity contribution in [3.05, 3.63) is 64.1 Å². The molecule has 1 aliphatic heterocycles. The molecule has 3 aromatic rings. The summed E-state index contributed by atoms with van der Waals surface area (Å²) in [6, 6.07) is 11.2. The summed E-state index contributed by atoms with van der Waals surface area (Å²) in [6.45, 7) is 0.495. The largest absolute Gasteiger partial charge is 0.493 e. The summed E-state index contributed by atoms with van der Waals surface area (Å²) in [7, 11) is 4.70. The highest BCUT2D eigenvalue weighted by molar-refractivity contribution is 7.09. The van der Waals surface area contributed by atoms with Gasteiger partial charge < -0.3 is 24.4 Å². The third-order valence-electron chi connectivity index (χ3n) is 4.77. The summed E-state index contributed by atoms with van der Waals surface area (Å²) in [5.41, 5.74) is 2.03. The Balaban J connectivity index is 1.72. The minimum absolute atomic E-state index is 0.0496. The van der Waals surface area contributed by atoms with Crippen LogP contribution < -0.4 is 19.5 Å². The fourth-order valence-corrected chi connectivity index (χ4v) is 4.14. The summed E-state index contributed by atoms with van der Waals surface area (Å²) in [4.78, 5) is 20.4. The number of methoxy groups -OCH3 is 3. The number of pyridine rings is 1. The Labute approximate surface area is 172 Å². The zero-order valence-electron chi connectivity index (χ0n) is 16.3. The van der Waals surface area contributed by atoms with Gasteiger partial charge in [-0.15, -0.1) is 11.3 Å². The second-order valence-electron chi connectivity index (χ2n) is 6.41. The van der Waals surface area contributed by atoms with Crippen LogP contribution in [0.3, 0.4) is 0 Å². The highest BCUT2D eigenvalue weighted by Crippen LogP contribution is 2.42. The van der Waals surface area contributed by atoms with E-state index in [0.717, 1.165) is 10.6 Å². The van der Waals surface area contributed by atoms with E-state index >= 15 is 0 Å². The first kappa shape index (κ1) is 19.1. The predicted molar refractivity (Wildman–Crippen MR) is 111 cm³/mol. The number of anilines is 1. The number of fused-ring (bicyclic) bond motifs is 1. The Morgan fingerprint density at radius 2 is 1.86 bits per heavy atom. The highest BCUT2D eigenvalue weighted by atomic mass is 32.1. The molecule has 1 N–H and O–H groups in total. The molecule has 1 aromatic carbocycles. The minimum atomic E-state index is -0.413. The SMILES string of the molecule is COc1cc(N[C@H]2c3ncccc3C(=O)N2Cc2cccs2)cc(OC)c1OC. The maximum absolute atomic E-state index is 13.1. The maximum Gasteiger partial charge on any atom is 0.258 e. The van der Waals surface area contributed by atoms with Crippen molar-refractivity contribution in [2.45, 2.75) is 12.7 Å². The fraction of sp³-hybridized carbons (Fsp3) is 0.238. The van der Waals surface area contributed by atoms with Crippen LogP contribution in [0.15, 0.2) is 48.0 Å². The van der Waals surface area contributed by atoms with Gasteiger partial charge in [0.2, 0.25) is 5.75 Å². The van der Waals surface area contributed by atoms with Gasteiger partial charge in [-0.05, 0) is 23.6 Å². The summed E-state index contributed by atoms with van der Waals surface area (Å²) < 4.78 is 16.3. The van der Waals surface area contributed by atoms with Crippen molar-refractivity contribution in [3.63, 3.8) is 0 Å². The van der Waals surface area contributed by atoms with Gasteiger partial charge in [-0.25, -0.2) is 0 Å². The van der Waals surface area contributed by atoms with Gasteiger partial charge in [0.15, 0.2) is 11.5 Å². The third-order valence-corrected chi connectivity index (χ3v) is 5.64. The van der Waals surface area contributed by atoms with Crippen LogP contribution in [0, 0.1) is 0 Å². The van der Waals surface area contributed by atoms with E-state index in [1.165, 1.54) is 0 Å². The van der Waals surface area contributed by atoms with Gasteiger partial charge in [-0.3, -0.25) is 9.78 Å². The first-order chi connectivity index (χ1) is 14.2. The predicted octanol–water partition coefficient (Wildman–Crippen LogP) is 3.94. The lowest BCUT2D eigenvalue weighted by Gasteiger charge is -2.26. The third kappa shape index (κ3) is 3.47. The van der Waals surface area contributed by atoms with E-state index in [2.05, 4.69) is 10.3 Å². The van der Waals surface area contributed by atoms with Crippen molar-refractivity contribution >= 4 is 22.9 Å². The molecule has 0 unspecified atom stereocenters. The summed E-state index contributed by atoms with van der Waals surface area (Å²) in [5.74, 6) is 1.53. The summed E-state index contributed by atoms with van der Waals surface area (Å²) >= 11 is 1.62.